The van der Waals surface area contributed by atoms with Gasteiger partial charge in [-0.2, -0.15) is 4.68 Å². The molecule has 0 radical (unpaired) electrons. The van der Waals surface area contributed by atoms with E-state index in [1.54, 1.807) is 25.0 Å². The number of nitrogens with one attached hydrogen (secondary N) is 1. The van der Waals surface area contributed by atoms with E-state index in [4.69, 9.17) is 9.47 Å². The summed E-state index contributed by atoms with van der Waals surface area (Å²) in [5, 5.41) is 17.5. The number of hydrogen-bond donors (Lipinski definition) is 1. The van der Waals surface area contributed by atoms with Gasteiger partial charge < -0.3 is 14.8 Å². The quantitative estimate of drug-likeness (QED) is 0.389. The molecular formula is C21H20N6O3S2. The van der Waals surface area contributed by atoms with E-state index < -0.39 is 0 Å². The molecule has 164 valence electrons. The highest BCUT2D eigenvalue weighted by atomic mass is 32.2. The van der Waals surface area contributed by atoms with Gasteiger partial charge in [0.25, 0.3) is 0 Å². The van der Waals surface area contributed by atoms with Crippen LogP contribution in [0.15, 0.2) is 53.0 Å². The largest absolute Gasteiger partial charge is 0.497 e. The van der Waals surface area contributed by atoms with Crippen LogP contribution in [0, 0.1) is 6.92 Å². The fourth-order valence-corrected chi connectivity index (χ4v) is 4.28. The Bertz CT molecular complexity index is 1220. The molecule has 2 aromatic heterocycles. The molecule has 0 fully saturated rings. The number of nitrogens with zero attached hydrogens (tertiary/aromatic N) is 5. The maximum atomic E-state index is 12.5. The van der Waals surface area contributed by atoms with Crippen molar-refractivity contribution in [1.29, 1.82) is 0 Å². The molecule has 0 unspecified atom stereocenters. The number of tetrazole rings is 1. The van der Waals surface area contributed by atoms with Gasteiger partial charge in [-0.3, -0.25) is 4.79 Å². The summed E-state index contributed by atoms with van der Waals surface area (Å²) < 4.78 is 12.3. The number of carbonyl (C=O) groups excluding carboxylic acids is 1. The van der Waals surface area contributed by atoms with Crippen LogP contribution in [0.25, 0.3) is 16.9 Å². The minimum atomic E-state index is -0.198. The minimum absolute atomic E-state index is 0.146. The van der Waals surface area contributed by atoms with Crippen LogP contribution < -0.4 is 14.8 Å². The number of carbonyl (C=O) groups is 1. The van der Waals surface area contributed by atoms with Gasteiger partial charge in [0.15, 0.2) is 5.13 Å². The summed E-state index contributed by atoms with van der Waals surface area (Å²) in [5.74, 6) is 1.29. The van der Waals surface area contributed by atoms with Crippen molar-refractivity contribution >= 4 is 34.1 Å². The molecule has 0 spiro atoms. The van der Waals surface area contributed by atoms with E-state index in [0.29, 0.717) is 27.5 Å². The van der Waals surface area contributed by atoms with Crippen LogP contribution in [-0.4, -0.2) is 51.1 Å². The first-order valence-electron chi connectivity index (χ1n) is 9.53. The Kier molecular flexibility index (Phi) is 6.66. The summed E-state index contributed by atoms with van der Waals surface area (Å²) in [6.45, 7) is 2.01. The second kappa shape index (κ2) is 9.79. The molecule has 0 aliphatic carbocycles. The molecule has 0 aliphatic heterocycles. The highest BCUT2D eigenvalue weighted by molar-refractivity contribution is 7.99. The van der Waals surface area contributed by atoms with E-state index in [2.05, 4.69) is 25.8 Å². The Morgan fingerprint density at radius 2 is 1.97 bits per heavy atom. The molecule has 4 aromatic rings. The van der Waals surface area contributed by atoms with Crippen molar-refractivity contribution < 1.29 is 14.3 Å². The van der Waals surface area contributed by atoms with Crippen LogP contribution in [0.3, 0.4) is 0 Å². The second-order valence-electron chi connectivity index (χ2n) is 6.65. The van der Waals surface area contributed by atoms with Crippen molar-refractivity contribution in [3.05, 3.63) is 53.4 Å². The molecule has 0 saturated carbocycles. The molecular weight excluding hydrogens is 448 g/mol. The van der Waals surface area contributed by atoms with Crippen LogP contribution in [0.1, 0.15) is 5.56 Å². The summed E-state index contributed by atoms with van der Waals surface area (Å²) in [6, 6.07) is 13.3. The molecule has 0 atom stereocenters. The Morgan fingerprint density at radius 3 is 2.72 bits per heavy atom. The smallest absolute Gasteiger partial charge is 0.236 e. The van der Waals surface area contributed by atoms with Gasteiger partial charge in [-0.15, -0.1) is 16.4 Å². The van der Waals surface area contributed by atoms with Gasteiger partial charge in [0.1, 0.15) is 11.5 Å². The molecule has 0 bridgehead atoms. The van der Waals surface area contributed by atoms with Crippen molar-refractivity contribution in [3.8, 4) is 28.4 Å². The topological polar surface area (TPSA) is 104 Å². The number of thioether (sulfide) groups is 1. The fourth-order valence-electron chi connectivity index (χ4n) is 2.87. The number of ether oxygens (including phenoxy) is 2. The lowest BCUT2D eigenvalue weighted by Crippen LogP contribution is -2.14. The monoisotopic (exact) mass is 468 g/mol. The Morgan fingerprint density at radius 1 is 1.16 bits per heavy atom. The van der Waals surface area contributed by atoms with E-state index in [1.165, 1.54) is 23.1 Å². The number of thiazole rings is 1. The number of amides is 1. The third kappa shape index (κ3) is 4.89. The van der Waals surface area contributed by atoms with E-state index >= 15 is 0 Å². The Balaban J connectivity index is 1.40. The van der Waals surface area contributed by atoms with Crippen molar-refractivity contribution in [2.45, 2.75) is 12.1 Å². The first-order valence-corrected chi connectivity index (χ1v) is 11.4. The first-order chi connectivity index (χ1) is 15.6. The summed E-state index contributed by atoms with van der Waals surface area (Å²) >= 11 is 2.59. The van der Waals surface area contributed by atoms with Crippen LogP contribution in [0.4, 0.5) is 5.13 Å². The third-order valence-corrected chi connectivity index (χ3v) is 6.16. The molecule has 32 heavy (non-hydrogen) atoms. The van der Waals surface area contributed by atoms with Gasteiger partial charge in [0.05, 0.1) is 31.4 Å². The van der Waals surface area contributed by atoms with E-state index in [-0.39, 0.29) is 11.7 Å². The van der Waals surface area contributed by atoms with Gasteiger partial charge >= 0.3 is 0 Å². The Hall–Kier alpha value is -3.44. The third-order valence-electron chi connectivity index (χ3n) is 4.49. The zero-order valence-corrected chi connectivity index (χ0v) is 19.2. The van der Waals surface area contributed by atoms with Crippen LogP contribution in [-0.2, 0) is 4.79 Å². The number of rotatable bonds is 8. The van der Waals surface area contributed by atoms with E-state index in [0.717, 1.165) is 16.8 Å². The average Bonchev–Trinajstić information content (AvgIpc) is 3.47. The van der Waals surface area contributed by atoms with Gasteiger partial charge in [0, 0.05) is 17.0 Å². The maximum Gasteiger partial charge on any atom is 0.236 e. The van der Waals surface area contributed by atoms with Crippen LogP contribution in [0.5, 0.6) is 11.5 Å². The van der Waals surface area contributed by atoms with Gasteiger partial charge in [-0.05, 0) is 41.6 Å². The molecule has 1 N–H and O–H groups in total. The molecule has 2 heterocycles. The standard InChI is InChI=1S/C21H20N6O3S2/c1-13-4-6-14(7-5-13)27-21(24-25-26-27)32-12-19(28)23-20-22-17(11-31-20)16-9-8-15(29-2)10-18(16)30-3/h4-11H,12H2,1-3H3,(H,22,23,28). The number of hydrogen-bond acceptors (Lipinski definition) is 9. The summed E-state index contributed by atoms with van der Waals surface area (Å²) in [7, 11) is 3.19. The van der Waals surface area contributed by atoms with Crippen molar-refractivity contribution in [1.82, 2.24) is 25.2 Å². The lowest BCUT2D eigenvalue weighted by Gasteiger charge is -2.08. The zero-order valence-electron chi connectivity index (χ0n) is 17.6. The first kappa shape index (κ1) is 21.8. The summed E-state index contributed by atoms with van der Waals surface area (Å²) in [5.41, 5.74) is 3.50. The molecule has 0 saturated heterocycles. The fraction of sp³-hybridized carbons (Fsp3) is 0.190. The molecule has 1 amide bonds. The normalized spacial score (nSPS) is 10.7. The summed E-state index contributed by atoms with van der Waals surface area (Å²) in [6.07, 6.45) is 0. The summed E-state index contributed by atoms with van der Waals surface area (Å²) in [4.78, 5) is 17.0. The highest BCUT2D eigenvalue weighted by Gasteiger charge is 2.15. The molecule has 2 aromatic carbocycles. The number of aromatic nitrogens is 5. The van der Waals surface area contributed by atoms with E-state index in [9.17, 15) is 4.79 Å². The number of methoxy groups -OCH3 is 2. The average molecular weight is 469 g/mol. The number of benzene rings is 2. The number of anilines is 1. The van der Waals surface area contributed by atoms with E-state index in [1.807, 2.05) is 48.7 Å². The Labute approximate surface area is 192 Å². The van der Waals surface area contributed by atoms with Crippen LogP contribution >= 0.6 is 23.1 Å². The van der Waals surface area contributed by atoms with Crippen molar-refractivity contribution in [2.24, 2.45) is 0 Å². The predicted molar refractivity (Wildman–Crippen MR) is 124 cm³/mol. The molecule has 0 aliphatic rings. The predicted octanol–water partition coefficient (Wildman–Crippen LogP) is 3.84. The zero-order chi connectivity index (χ0) is 22.5. The maximum absolute atomic E-state index is 12.5. The molecule has 9 nitrogen and oxygen atoms in total. The van der Waals surface area contributed by atoms with Gasteiger partial charge in [-0.1, -0.05) is 29.5 Å². The lowest BCUT2D eigenvalue weighted by molar-refractivity contribution is -0.113. The van der Waals surface area contributed by atoms with Crippen molar-refractivity contribution in [2.75, 3.05) is 25.3 Å². The van der Waals surface area contributed by atoms with Crippen molar-refractivity contribution in [3.63, 3.8) is 0 Å². The lowest BCUT2D eigenvalue weighted by atomic mass is 10.1. The SMILES string of the molecule is COc1ccc(-c2csc(NC(=O)CSc3nnnn3-c3ccc(C)cc3)n2)c(OC)c1. The van der Waals surface area contributed by atoms with Gasteiger partial charge in [0.2, 0.25) is 11.1 Å². The number of aryl methyl sites for hydroxylation is 1. The second-order valence-corrected chi connectivity index (χ2v) is 8.45. The molecule has 11 heteroatoms. The van der Waals surface area contributed by atoms with Crippen LogP contribution in [0.2, 0.25) is 0 Å². The highest BCUT2D eigenvalue weighted by Crippen LogP contribution is 2.34. The molecule has 4 rings (SSSR count). The minimum Gasteiger partial charge on any atom is -0.497 e. The van der Waals surface area contributed by atoms with Gasteiger partial charge in [-0.25, -0.2) is 4.98 Å².